The molecule has 1 heterocycles. The zero-order valence-corrected chi connectivity index (χ0v) is 15.4. The zero-order chi connectivity index (χ0) is 17.7. The third kappa shape index (κ3) is 4.89. The van der Waals surface area contributed by atoms with Gasteiger partial charge in [-0.05, 0) is 32.4 Å². The monoisotopic (exact) mass is 345 g/mol. The van der Waals surface area contributed by atoms with Crippen LogP contribution in [0.15, 0.2) is 23.6 Å². The van der Waals surface area contributed by atoms with Gasteiger partial charge in [0.1, 0.15) is 0 Å². The molecule has 0 fully saturated rings. The van der Waals surface area contributed by atoms with E-state index in [2.05, 4.69) is 17.2 Å². The molecule has 0 unspecified atom stereocenters. The van der Waals surface area contributed by atoms with Crippen LogP contribution in [0.25, 0.3) is 0 Å². The molecule has 6 heteroatoms. The minimum atomic E-state index is -0.231. The lowest BCUT2D eigenvalue weighted by Gasteiger charge is -2.16. The largest absolute Gasteiger partial charge is 0.343 e. The lowest BCUT2D eigenvalue weighted by Crippen LogP contribution is -2.37. The van der Waals surface area contributed by atoms with Gasteiger partial charge in [-0.1, -0.05) is 24.1 Å². The molecule has 1 aromatic carbocycles. The molecule has 0 spiro atoms. The van der Waals surface area contributed by atoms with Crippen molar-refractivity contribution in [3.8, 4) is 0 Å². The van der Waals surface area contributed by atoms with Gasteiger partial charge in [0, 0.05) is 18.0 Å². The van der Waals surface area contributed by atoms with Crippen LogP contribution in [0.5, 0.6) is 0 Å². The summed E-state index contributed by atoms with van der Waals surface area (Å²) < 4.78 is 0. The van der Waals surface area contributed by atoms with E-state index in [1.54, 1.807) is 23.3 Å². The molecular formula is C18H23N3O2S. The number of nitrogens with one attached hydrogen (secondary N) is 1. The number of nitrogens with zero attached hydrogens (tertiary/aromatic N) is 2. The maximum atomic E-state index is 12.2. The summed E-state index contributed by atoms with van der Waals surface area (Å²) in [4.78, 5) is 30.4. The van der Waals surface area contributed by atoms with Crippen LogP contribution in [0.2, 0.25) is 0 Å². The summed E-state index contributed by atoms with van der Waals surface area (Å²) in [6, 6.07) is 5.64. The zero-order valence-electron chi connectivity index (χ0n) is 14.5. The molecule has 0 aliphatic heterocycles. The molecular weight excluding hydrogens is 322 g/mol. The number of benzene rings is 1. The Kier molecular flexibility index (Phi) is 6.09. The Bertz CT molecular complexity index is 719. The highest BCUT2D eigenvalue weighted by Crippen LogP contribution is 2.12. The smallest absolute Gasteiger partial charge is 0.251 e. The van der Waals surface area contributed by atoms with E-state index < -0.39 is 0 Å². The molecule has 0 saturated heterocycles. The van der Waals surface area contributed by atoms with E-state index in [1.807, 2.05) is 37.4 Å². The molecule has 1 N–H and O–H groups in total. The fraction of sp³-hybridized carbons (Fsp3) is 0.389. The molecule has 0 saturated carbocycles. The van der Waals surface area contributed by atoms with Gasteiger partial charge in [0.25, 0.3) is 5.91 Å². The number of carbonyl (C=O) groups is 2. The van der Waals surface area contributed by atoms with Gasteiger partial charge in [-0.25, -0.2) is 4.98 Å². The summed E-state index contributed by atoms with van der Waals surface area (Å²) in [6.45, 7) is 6.38. The minimum absolute atomic E-state index is 0.0207. The second-order valence-electron chi connectivity index (χ2n) is 5.90. The standard InChI is InChI=1S/C18H23N3O2S/c1-5-16-20-15(11-24-16)10-21(4)17(22)9-19-18(23)14-7-12(2)6-13(3)8-14/h6-8,11H,5,9-10H2,1-4H3,(H,19,23). The van der Waals surface area contributed by atoms with E-state index in [1.165, 1.54) is 0 Å². The van der Waals surface area contributed by atoms with Crippen molar-refractivity contribution in [2.45, 2.75) is 33.7 Å². The van der Waals surface area contributed by atoms with E-state index in [9.17, 15) is 9.59 Å². The van der Waals surface area contributed by atoms with Crippen LogP contribution in [0.1, 0.15) is 39.1 Å². The van der Waals surface area contributed by atoms with Gasteiger partial charge >= 0.3 is 0 Å². The number of amides is 2. The Labute approximate surface area is 146 Å². The molecule has 0 bridgehead atoms. The molecule has 2 amide bonds. The molecule has 128 valence electrons. The Morgan fingerprint density at radius 3 is 2.46 bits per heavy atom. The van der Waals surface area contributed by atoms with E-state index in [0.29, 0.717) is 12.1 Å². The normalized spacial score (nSPS) is 10.5. The van der Waals surface area contributed by atoms with E-state index in [-0.39, 0.29) is 18.4 Å². The lowest BCUT2D eigenvalue weighted by molar-refractivity contribution is -0.129. The van der Waals surface area contributed by atoms with Crippen molar-refractivity contribution in [1.29, 1.82) is 0 Å². The van der Waals surface area contributed by atoms with Crippen LogP contribution in [0, 0.1) is 13.8 Å². The van der Waals surface area contributed by atoms with Crippen molar-refractivity contribution in [2.24, 2.45) is 0 Å². The Hall–Kier alpha value is -2.21. The fourth-order valence-corrected chi connectivity index (χ4v) is 3.15. The first kappa shape index (κ1) is 18.1. The predicted octanol–water partition coefficient (Wildman–Crippen LogP) is 2.71. The highest BCUT2D eigenvalue weighted by molar-refractivity contribution is 7.09. The number of aryl methyl sites for hydroxylation is 3. The van der Waals surface area contributed by atoms with Crippen LogP contribution >= 0.6 is 11.3 Å². The first-order valence-corrected chi connectivity index (χ1v) is 8.80. The summed E-state index contributed by atoms with van der Waals surface area (Å²) in [5.41, 5.74) is 3.51. The van der Waals surface area contributed by atoms with Gasteiger partial charge in [-0.15, -0.1) is 11.3 Å². The number of carbonyl (C=O) groups excluding carboxylic acids is 2. The van der Waals surface area contributed by atoms with Gasteiger partial charge in [-0.2, -0.15) is 0 Å². The molecule has 2 rings (SSSR count). The van der Waals surface area contributed by atoms with Gasteiger partial charge in [-0.3, -0.25) is 9.59 Å². The topological polar surface area (TPSA) is 62.3 Å². The molecule has 24 heavy (non-hydrogen) atoms. The average molecular weight is 345 g/mol. The number of likely N-dealkylation sites (N-methyl/N-ethyl adjacent to an activating group) is 1. The van der Waals surface area contributed by atoms with Crippen LogP contribution in [0.3, 0.4) is 0 Å². The number of hydrogen-bond donors (Lipinski definition) is 1. The number of aromatic nitrogens is 1. The average Bonchev–Trinajstić information content (AvgIpc) is 2.98. The lowest BCUT2D eigenvalue weighted by atomic mass is 10.1. The summed E-state index contributed by atoms with van der Waals surface area (Å²) >= 11 is 1.60. The highest BCUT2D eigenvalue weighted by atomic mass is 32.1. The van der Waals surface area contributed by atoms with Crippen molar-refractivity contribution < 1.29 is 9.59 Å². The molecule has 0 atom stereocenters. The molecule has 0 aliphatic carbocycles. The third-order valence-corrected chi connectivity index (χ3v) is 4.65. The SMILES string of the molecule is CCc1nc(CN(C)C(=O)CNC(=O)c2cc(C)cc(C)c2)cs1. The maximum absolute atomic E-state index is 12.2. The second kappa shape index (κ2) is 8.06. The van der Waals surface area contributed by atoms with Crippen LogP contribution in [0.4, 0.5) is 0 Å². The Morgan fingerprint density at radius 1 is 1.21 bits per heavy atom. The van der Waals surface area contributed by atoms with Crippen molar-refractivity contribution >= 4 is 23.2 Å². The van der Waals surface area contributed by atoms with Crippen molar-refractivity contribution in [1.82, 2.24) is 15.2 Å². The van der Waals surface area contributed by atoms with Gasteiger partial charge in [0.2, 0.25) is 5.91 Å². The van der Waals surface area contributed by atoms with E-state index in [4.69, 9.17) is 0 Å². The Morgan fingerprint density at radius 2 is 1.88 bits per heavy atom. The van der Waals surface area contributed by atoms with Crippen LogP contribution in [-0.2, 0) is 17.8 Å². The van der Waals surface area contributed by atoms with Crippen LogP contribution in [-0.4, -0.2) is 35.3 Å². The molecule has 0 aliphatic rings. The van der Waals surface area contributed by atoms with Gasteiger partial charge in [0.05, 0.1) is 23.8 Å². The summed E-state index contributed by atoms with van der Waals surface area (Å²) in [5.74, 6) is -0.371. The first-order chi connectivity index (χ1) is 11.4. The summed E-state index contributed by atoms with van der Waals surface area (Å²) in [5, 5.41) is 5.72. The first-order valence-electron chi connectivity index (χ1n) is 7.92. The third-order valence-electron chi connectivity index (χ3n) is 3.61. The second-order valence-corrected chi connectivity index (χ2v) is 6.84. The van der Waals surface area contributed by atoms with Crippen molar-refractivity contribution in [3.05, 3.63) is 51.0 Å². The summed E-state index contributed by atoms with van der Waals surface area (Å²) in [7, 11) is 1.72. The number of hydrogen-bond acceptors (Lipinski definition) is 4. The highest BCUT2D eigenvalue weighted by Gasteiger charge is 2.13. The number of rotatable bonds is 6. The Balaban J connectivity index is 1.88. The fourth-order valence-electron chi connectivity index (χ4n) is 2.41. The van der Waals surface area contributed by atoms with Crippen LogP contribution < -0.4 is 5.32 Å². The molecule has 0 radical (unpaired) electrons. The van der Waals surface area contributed by atoms with Crippen molar-refractivity contribution in [2.75, 3.05) is 13.6 Å². The molecule has 1 aromatic heterocycles. The van der Waals surface area contributed by atoms with E-state index in [0.717, 1.165) is 28.2 Å². The number of thiazole rings is 1. The van der Waals surface area contributed by atoms with Crippen molar-refractivity contribution in [3.63, 3.8) is 0 Å². The van der Waals surface area contributed by atoms with E-state index >= 15 is 0 Å². The molecule has 2 aromatic rings. The predicted molar refractivity (Wildman–Crippen MR) is 96.2 cm³/mol. The summed E-state index contributed by atoms with van der Waals surface area (Å²) in [6.07, 6.45) is 0.897. The van der Waals surface area contributed by atoms with Gasteiger partial charge in [0.15, 0.2) is 0 Å². The molecule has 5 nitrogen and oxygen atoms in total. The van der Waals surface area contributed by atoms with Gasteiger partial charge < -0.3 is 10.2 Å². The minimum Gasteiger partial charge on any atom is -0.343 e. The maximum Gasteiger partial charge on any atom is 0.251 e. The quantitative estimate of drug-likeness (QED) is 0.875.